The molecule has 0 saturated carbocycles. The molecule has 2 amide bonds. The third-order valence-electron chi connectivity index (χ3n) is 6.47. The summed E-state index contributed by atoms with van der Waals surface area (Å²) in [6, 6.07) is 3.32. The third-order valence-corrected chi connectivity index (χ3v) is 6.47. The maximum absolute atomic E-state index is 12.7. The summed E-state index contributed by atoms with van der Waals surface area (Å²) in [5, 5.41) is 6.56. The number of aromatic nitrogens is 1. The second-order valence-corrected chi connectivity index (χ2v) is 8.02. The Morgan fingerprint density at radius 1 is 1.26 bits per heavy atom. The van der Waals surface area contributed by atoms with E-state index in [1.165, 1.54) is 6.07 Å². The van der Waals surface area contributed by atoms with Crippen LogP contribution in [0.25, 0.3) is 0 Å². The predicted octanol–water partition coefficient (Wildman–Crippen LogP) is 0.656. The predicted molar refractivity (Wildman–Crippen MR) is 102 cm³/mol. The number of amides is 2. The molecule has 4 rings (SSSR count). The van der Waals surface area contributed by atoms with Gasteiger partial charge in [-0.25, -0.2) is 0 Å². The highest BCUT2D eigenvalue weighted by Gasteiger charge is 2.47. The fraction of sp³-hybridized carbons (Fsp3) is 0.650. The number of piperidine rings is 3. The van der Waals surface area contributed by atoms with E-state index in [1.54, 1.807) is 6.07 Å². The molecule has 2 bridgehead atoms. The molecule has 0 aromatic carbocycles. The lowest BCUT2D eigenvalue weighted by molar-refractivity contribution is -0.148. The van der Waals surface area contributed by atoms with Crippen LogP contribution >= 0.6 is 0 Å². The van der Waals surface area contributed by atoms with Gasteiger partial charge in [-0.3, -0.25) is 14.4 Å². The standard InChI is InChI=1S/C20H28N4O3/c1-2-15-14(6-7-18(25)23-15)20(27)22-11-17-13-8-12(9-21-10-13)16-4-3-5-19(26)24(16)17/h6-7,12-13,16-17,21H,2-5,8-11H2,1H3,(H,22,27)(H,23,25)/t12-,13+,16+,17+/m1/s1. The molecule has 4 heterocycles. The van der Waals surface area contributed by atoms with Gasteiger partial charge in [-0.15, -0.1) is 0 Å². The first-order valence-corrected chi connectivity index (χ1v) is 10.1. The van der Waals surface area contributed by atoms with E-state index in [4.69, 9.17) is 0 Å². The molecule has 0 radical (unpaired) electrons. The zero-order chi connectivity index (χ0) is 19.0. The molecule has 3 aliphatic heterocycles. The van der Waals surface area contributed by atoms with Crippen molar-refractivity contribution in [1.29, 1.82) is 0 Å². The molecule has 0 unspecified atom stereocenters. The average Bonchev–Trinajstić information content (AvgIpc) is 2.68. The summed E-state index contributed by atoms with van der Waals surface area (Å²) >= 11 is 0. The maximum atomic E-state index is 12.7. The summed E-state index contributed by atoms with van der Waals surface area (Å²) in [6.45, 7) is 4.25. The van der Waals surface area contributed by atoms with Crippen molar-refractivity contribution < 1.29 is 9.59 Å². The van der Waals surface area contributed by atoms with E-state index in [-0.39, 0.29) is 23.4 Å². The number of hydrogen-bond donors (Lipinski definition) is 3. The molecule has 1 aromatic rings. The minimum absolute atomic E-state index is 0.0450. The van der Waals surface area contributed by atoms with Crippen LogP contribution in [0.1, 0.15) is 48.7 Å². The number of nitrogens with zero attached hydrogens (tertiary/aromatic N) is 1. The molecule has 3 aliphatic rings. The van der Waals surface area contributed by atoms with Crippen LogP contribution in [0.3, 0.4) is 0 Å². The second-order valence-electron chi connectivity index (χ2n) is 8.02. The van der Waals surface area contributed by atoms with Gasteiger partial charge in [-0.2, -0.15) is 0 Å². The first-order chi connectivity index (χ1) is 13.1. The molecule has 3 saturated heterocycles. The number of fused-ring (bicyclic) bond motifs is 4. The summed E-state index contributed by atoms with van der Waals surface area (Å²) in [4.78, 5) is 41.8. The van der Waals surface area contributed by atoms with E-state index >= 15 is 0 Å². The van der Waals surface area contributed by atoms with Gasteiger partial charge in [-0.05, 0) is 50.1 Å². The largest absolute Gasteiger partial charge is 0.350 e. The van der Waals surface area contributed by atoms with Crippen LogP contribution in [0.15, 0.2) is 16.9 Å². The number of carbonyl (C=O) groups excluding carboxylic acids is 2. The van der Waals surface area contributed by atoms with Crippen molar-refractivity contribution in [2.75, 3.05) is 19.6 Å². The van der Waals surface area contributed by atoms with Gasteiger partial charge in [0.1, 0.15) is 0 Å². The molecule has 3 fully saturated rings. The normalized spacial score (nSPS) is 30.0. The van der Waals surface area contributed by atoms with E-state index in [9.17, 15) is 14.4 Å². The van der Waals surface area contributed by atoms with Crippen LogP contribution in [0.2, 0.25) is 0 Å². The van der Waals surface area contributed by atoms with Crippen molar-refractivity contribution in [2.45, 2.75) is 51.1 Å². The molecular formula is C20H28N4O3. The zero-order valence-corrected chi connectivity index (χ0v) is 15.8. The molecule has 146 valence electrons. The molecule has 0 aliphatic carbocycles. The molecule has 1 aromatic heterocycles. The summed E-state index contributed by atoms with van der Waals surface area (Å²) in [7, 11) is 0. The van der Waals surface area contributed by atoms with E-state index in [0.29, 0.717) is 48.5 Å². The number of aryl methyl sites for hydroxylation is 1. The SMILES string of the molecule is CCc1[nH]c(=O)ccc1C(=O)NC[C@H]1[C@@H]2CNC[C@@H](C2)[C@@H]2CCCC(=O)N21. The van der Waals surface area contributed by atoms with E-state index in [0.717, 1.165) is 32.4 Å². The van der Waals surface area contributed by atoms with Gasteiger partial charge < -0.3 is 20.5 Å². The first kappa shape index (κ1) is 18.2. The van der Waals surface area contributed by atoms with Crippen molar-refractivity contribution in [3.8, 4) is 0 Å². The van der Waals surface area contributed by atoms with Gasteiger partial charge in [0.15, 0.2) is 0 Å². The highest BCUT2D eigenvalue weighted by molar-refractivity contribution is 5.95. The van der Waals surface area contributed by atoms with Crippen molar-refractivity contribution in [1.82, 2.24) is 20.5 Å². The van der Waals surface area contributed by atoms with Crippen LogP contribution in [-0.4, -0.2) is 53.4 Å². The van der Waals surface area contributed by atoms with Crippen molar-refractivity contribution in [3.05, 3.63) is 33.7 Å². The minimum Gasteiger partial charge on any atom is -0.350 e. The minimum atomic E-state index is -0.197. The highest BCUT2D eigenvalue weighted by atomic mass is 16.2. The number of rotatable bonds is 4. The Kier molecular flexibility index (Phi) is 5.04. The molecule has 3 N–H and O–H groups in total. The Hall–Kier alpha value is -2.15. The van der Waals surface area contributed by atoms with E-state index in [1.807, 2.05) is 6.92 Å². The fourth-order valence-corrected chi connectivity index (χ4v) is 5.20. The number of nitrogens with one attached hydrogen (secondary N) is 3. The summed E-state index contributed by atoms with van der Waals surface area (Å²) < 4.78 is 0. The van der Waals surface area contributed by atoms with Crippen LogP contribution in [0, 0.1) is 11.8 Å². The smallest absolute Gasteiger partial charge is 0.253 e. The molecule has 7 nitrogen and oxygen atoms in total. The highest BCUT2D eigenvalue weighted by Crippen LogP contribution is 2.39. The molecule has 7 heteroatoms. The van der Waals surface area contributed by atoms with Gasteiger partial charge in [0.05, 0.1) is 11.6 Å². The first-order valence-electron chi connectivity index (χ1n) is 10.1. The van der Waals surface area contributed by atoms with Crippen LogP contribution in [0.5, 0.6) is 0 Å². The summed E-state index contributed by atoms with van der Waals surface area (Å²) in [5.74, 6) is 0.963. The Balaban J connectivity index is 1.51. The fourth-order valence-electron chi connectivity index (χ4n) is 5.20. The van der Waals surface area contributed by atoms with Crippen LogP contribution < -0.4 is 16.2 Å². The number of hydrogen-bond acceptors (Lipinski definition) is 4. The molecule has 4 atom stereocenters. The van der Waals surface area contributed by atoms with Gasteiger partial charge >= 0.3 is 0 Å². The quantitative estimate of drug-likeness (QED) is 0.724. The van der Waals surface area contributed by atoms with Crippen LogP contribution in [-0.2, 0) is 11.2 Å². The molecular weight excluding hydrogens is 344 g/mol. The van der Waals surface area contributed by atoms with Gasteiger partial charge in [0.25, 0.3) is 5.91 Å². The van der Waals surface area contributed by atoms with Crippen molar-refractivity contribution >= 4 is 11.8 Å². The van der Waals surface area contributed by atoms with Crippen molar-refractivity contribution in [3.63, 3.8) is 0 Å². The number of carbonyl (C=O) groups is 2. The second kappa shape index (κ2) is 7.46. The Morgan fingerprint density at radius 3 is 2.89 bits per heavy atom. The van der Waals surface area contributed by atoms with E-state index < -0.39 is 0 Å². The lowest BCUT2D eigenvalue weighted by atomic mass is 9.72. The maximum Gasteiger partial charge on any atom is 0.253 e. The third kappa shape index (κ3) is 3.40. The Morgan fingerprint density at radius 2 is 2.07 bits per heavy atom. The number of pyridine rings is 1. The van der Waals surface area contributed by atoms with E-state index in [2.05, 4.69) is 20.5 Å². The van der Waals surface area contributed by atoms with Crippen molar-refractivity contribution in [2.24, 2.45) is 11.8 Å². The topological polar surface area (TPSA) is 94.3 Å². The number of H-pyrrole nitrogens is 1. The summed E-state index contributed by atoms with van der Waals surface area (Å²) in [5.41, 5.74) is 0.959. The average molecular weight is 372 g/mol. The molecule has 27 heavy (non-hydrogen) atoms. The zero-order valence-electron chi connectivity index (χ0n) is 15.8. The lowest BCUT2D eigenvalue weighted by Crippen LogP contribution is -2.66. The Bertz CT molecular complexity index is 790. The summed E-state index contributed by atoms with van der Waals surface area (Å²) in [6.07, 6.45) is 4.37. The van der Waals surface area contributed by atoms with Gasteiger partial charge in [-0.1, -0.05) is 6.92 Å². The van der Waals surface area contributed by atoms with Crippen LogP contribution in [0.4, 0.5) is 0 Å². The number of aromatic amines is 1. The Labute approximate surface area is 158 Å². The monoisotopic (exact) mass is 372 g/mol. The molecule has 0 spiro atoms. The van der Waals surface area contributed by atoms with Gasteiger partial charge in [0.2, 0.25) is 11.5 Å². The lowest BCUT2D eigenvalue weighted by Gasteiger charge is -2.54. The van der Waals surface area contributed by atoms with Gasteiger partial charge in [0, 0.05) is 37.3 Å².